The molecular formula is C11H18N4O2S. The van der Waals surface area contributed by atoms with Gasteiger partial charge in [-0.05, 0) is 26.3 Å². The lowest BCUT2D eigenvalue weighted by atomic mass is 10.1. The number of amidine groups is 1. The summed E-state index contributed by atoms with van der Waals surface area (Å²) >= 11 is 1.35. The lowest BCUT2D eigenvalue weighted by Gasteiger charge is -2.16. The predicted molar refractivity (Wildman–Crippen MR) is 71.0 cm³/mol. The molecule has 0 aliphatic rings. The molecule has 2 atom stereocenters. The average molecular weight is 270 g/mol. The third-order valence-electron chi connectivity index (χ3n) is 2.76. The largest absolute Gasteiger partial charge is 0.409 e. The molecule has 0 saturated carbocycles. The number of oxime groups is 1. The Hall–Kier alpha value is -1.34. The lowest BCUT2D eigenvalue weighted by Crippen LogP contribution is -2.21. The second kappa shape index (κ2) is 6.01. The minimum Gasteiger partial charge on any atom is -0.409 e. The molecule has 4 N–H and O–H groups in total. The van der Waals surface area contributed by atoms with Crippen molar-refractivity contribution >= 4 is 17.6 Å². The summed E-state index contributed by atoms with van der Waals surface area (Å²) in [6.07, 6.45) is -0.487. The van der Waals surface area contributed by atoms with Crippen molar-refractivity contribution in [1.82, 2.24) is 10.2 Å². The van der Waals surface area contributed by atoms with Gasteiger partial charge in [0, 0.05) is 5.25 Å². The number of rotatable bonds is 4. The topological polar surface area (TPSA) is 105 Å². The van der Waals surface area contributed by atoms with Gasteiger partial charge >= 0.3 is 0 Å². The van der Waals surface area contributed by atoms with Crippen molar-refractivity contribution in [3.63, 3.8) is 0 Å². The maximum atomic E-state index is 9.51. The molecule has 0 amide bonds. The van der Waals surface area contributed by atoms with Crippen LogP contribution in [-0.4, -0.2) is 37.7 Å². The summed E-state index contributed by atoms with van der Waals surface area (Å²) in [6.45, 7) is 7.23. The summed E-state index contributed by atoms with van der Waals surface area (Å²) in [4.78, 5) is 0. The van der Waals surface area contributed by atoms with Crippen molar-refractivity contribution in [3.8, 4) is 0 Å². The van der Waals surface area contributed by atoms with Crippen LogP contribution in [0.15, 0.2) is 10.2 Å². The minimum absolute atomic E-state index is 0.00536. The molecule has 0 fully saturated rings. The van der Waals surface area contributed by atoms with E-state index in [1.807, 2.05) is 20.8 Å². The Labute approximate surface area is 110 Å². The quantitative estimate of drug-likeness (QED) is 0.248. The molecule has 1 aromatic heterocycles. The smallest absolute Gasteiger partial charge is 0.173 e. The molecule has 1 aromatic rings. The predicted octanol–water partition coefficient (Wildman–Crippen LogP) is 1.05. The van der Waals surface area contributed by atoms with E-state index < -0.39 is 6.10 Å². The third kappa shape index (κ3) is 3.11. The standard InChI is InChI=1S/C11H18N4O2S/c1-5-6(2)13-14-11(9(5)10(12)15-17)18-8(4)7(3)16/h7-8,16-17H,1-4H3,(H2,12,15). The van der Waals surface area contributed by atoms with Crippen LogP contribution in [-0.2, 0) is 0 Å². The minimum atomic E-state index is -0.487. The van der Waals surface area contributed by atoms with Crippen LogP contribution >= 0.6 is 11.8 Å². The van der Waals surface area contributed by atoms with Crippen LogP contribution < -0.4 is 5.73 Å². The SMILES string of the molecule is Cc1nnc(SC(C)C(C)O)c(C(N)=NO)c1C. The molecule has 1 heterocycles. The van der Waals surface area contributed by atoms with Crippen LogP contribution in [0.4, 0.5) is 0 Å². The molecule has 0 aliphatic carbocycles. The van der Waals surface area contributed by atoms with Crippen LogP contribution in [0.2, 0.25) is 0 Å². The number of aromatic nitrogens is 2. The molecular weight excluding hydrogens is 252 g/mol. The van der Waals surface area contributed by atoms with Gasteiger partial charge in [0.2, 0.25) is 0 Å². The highest BCUT2D eigenvalue weighted by molar-refractivity contribution is 8.00. The number of hydrogen-bond acceptors (Lipinski definition) is 6. The molecule has 2 unspecified atom stereocenters. The first-order valence-electron chi connectivity index (χ1n) is 5.55. The van der Waals surface area contributed by atoms with Gasteiger partial charge in [0.15, 0.2) is 5.84 Å². The van der Waals surface area contributed by atoms with E-state index in [2.05, 4.69) is 15.4 Å². The third-order valence-corrected chi connectivity index (χ3v) is 4.04. The van der Waals surface area contributed by atoms with Gasteiger partial charge in [0.25, 0.3) is 0 Å². The Morgan fingerprint density at radius 3 is 2.44 bits per heavy atom. The van der Waals surface area contributed by atoms with E-state index in [1.54, 1.807) is 6.92 Å². The van der Waals surface area contributed by atoms with Crippen LogP contribution in [0.25, 0.3) is 0 Å². The van der Waals surface area contributed by atoms with Crippen molar-refractivity contribution in [2.24, 2.45) is 10.9 Å². The number of hydrogen-bond donors (Lipinski definition) is 3. The normalized spacial score (nSPS) is 15.5. The zero-order valence-electron chi connectivity index (χ0n) is 10.9. The van der Waals surface area contributed by atoms with E-state index in [0.717, 1.165) is 11.3 Å². The van der Waals surface area contributed by atoms with E-state index in [4.69, 9.17) is 10.9 Å². The second-order valence-corrected chi connectivity index (χ2v) is 5.51. The number of aryl methyl sites for hydroxylation is 1. The Morgan fingerprint density at radius 1 is 1.33 bits per heavy atom. The van der Waals surface area contributed by atoms with Crippen molar-refractivity contribution in [2.45, 2.75) is 44.1 Å². The van der Waals surface area contributed by atoms with Gasteiger partial charge in [0.1, 0.15) is 5.03 Å². The highest BCUT2D eigenvalue weighted by atomic mass is 32.2. The zero-order chi connectivity index (χ0) is 13.9. The van der Waals surface area contributed by atoms with Crippen LogP contribution in [0.1, 0.15) is 30.7 Å². The molecule has 100 valence electrons. The first-order chi connectivity index (χ1) is 8.38. The summed E-state index contributed by atoms with van der Waals surface area (Å²) in [5.41, 5.74) is 7.79. The van der Waals surface area contributed by atoms with Crippen molar-refractivity contribution in [1.29, 1.82) is 0 Å². The molecule has 1 rings (SSSR count). The van der Waals surface area contributed by atoms with Crippen molar-refractivity contribution in [3.05, 3.63) is 16.8 Å². The first-order valence-corrected chi connectivity index (χ1v) is 6.43. The Bertz CT molecular complexity index is 463. The number of thioether (sulfide) groups is 1. The number of aliphatic hydroxyl groups excluding tert-OH is 1. The maximum Gasteiger partial charge on any atom is 0.173 e. The first kappa shape index (κ1) is 14.7. The van der Waals surface area contributed by atoms with Gasteiger partial charge in [-0.25, -0.2) is 0 Å². The molecule has 0 aromatic carbocycles. The molecule has 6 nitrogen and oxygen atoms in total. The molecule has 0 spiro atoms. The molecule has 0 bridgehead atoms. The molecule has 0 saturated heterocycles. The summed E-state index contributed by atoms with van der Waals surface area (Å²) in [5, 5.41) is 29.9. The number of nitrogens with zero attached hydrogens (tertiary/aromatic N) is 3. The summed E-state index contributed by atoms with van der Waals surface area (Å²) in [5.74, 6) is 0.00536. The number of nitrogens with two attached hydrogens (primary N) is 1. The number of aliphatic hydroxyl groups is 1. The Morgan fingerprint density at radius 2 is 1.94 bits per heavy atom. The summed E-state index contributed by atoms with van der Waals surface area (Å²) < 4.78 is 0. The van der Waals surface area contributed by atoms with Gasteiger partial charge in [-0.3, -0.25) is 0 Å². The average Bonchev–Trinajstić information content (AvgIpc) is 2.33. The summed E-state index contributed by atoms with van der Waals surface area (Å²) in [7, 11) is 0. The Balaban J connectivity index is 3.23. The maximum absolute atomic E-state index is 9.51. The van der Waals surface area contributed by atoms with E-state index in [9.17, 15) is 5.11 Å². The van der Waals surface area contributed by atoms with Gasteiger partial charge in [-0.2, -0.15) is 5.10 Å². The van der Waals surface area contributed by atoms with Gasteiger partial charge < -0.3 is 16.0 Å². The lowest BCUT2D eigenvalue weighted by molar-refractivity contribution is 0.196. The van der Waals surface area contributed by atoms with Crippen molar-refractivity contribution < 1.29 is 10.3 Å². The molecule has 18 heavy (non-hydrogen) atoms. The second-order valence-electron chi connectivity index (χ2n) is 4.14. The van der Waals surface area contributed by atoms with Crippen LogP contribution in [0.5, 0.6) is 0 Å². The molecule has 0 radical (unpaired) electrons. The fourth-order valence-corrected chi connectivity index (χ4v) is 2.31. The van der Waals surface area contributed by atoms with Crippen LogP contribution in [0, 0.1) is 13.8 Å². The van der Waals surface area contributed by atoms with Gasteiger partial charge in [-0.15, -0.1) is 5.10 Å². The van der Waals surface area contributed by atoms with Gasteiger partial charge in [0.05, 0.1) is 17.4 Å². The van der Waals surface area contributed by atoms with E-state index in [0.29, 0.717) is 10.6 Å². The molecule has 7 heteroatoms. The van der Waals surface area contributed by atoms with E-state index >= 15 is 0 Å². The molecule has 0 aliphatic heterocycles. The van der Waals surface area contributed by atoms with E-state index in [1.165, 1.54) is 11.8 Å². The van der Waals surface area contributed by atoms with E-state index in [-0.39, 0.29) is 11.1 Å². The monoisotopic (exact) mass is 270 g/mol. The fourth-order valence-electron chi connectivity index (χ4n) is 1.30. The van der Waals surface area contributed by atoms with Crippen LogP contribution in [0.3, 0.4) is 0 Å². The fraction of sp³-hybridized carbons (Fsp3) is 0.545. The van der Waals surface area contributed by atoms with Crippen molar-refractivity contribution in [2.75, 3.05) is 0 Å². The van der Waals surface area contributed by atoms with Gasteiger partial charge in [-0.1, -0.05) is 23.8 Å². The Kier molecular flexibility index (Phi) is 4.92. The highest BCUT2D eigenvalue weighted by Crippen LogP contribution is 2.28. The highest BCUT2D eigenvalue weighted by Gasteiger charge is 2.19. The summed E-state index contributed by atoms with van der Waals surface area (Å²) in [6, 6.07) is 0. The zero-order valence-corrected chi connectivity index (χ0v) is 11.7.